The van der Waals surface area contributed by atoms with E-state index in [9.17, 15) is 4.79 Å². The molecule has 3 nitrogen and oxygen atoms in total. The van der Waals surface area contributed by atoms with E-state index in [4.69, 9.17) is 0 Å². The monoisotopic (exact) mass is 284 g/mol. The molecule has 0 radical (unpaired) electrons. The normalized spacial score (nSPS) is 27.6. The Morgan fingerprint density at radius 1 is 1.29 bits per heavy atom. The minimum Gasteiger partial charge on any atom is -0.382 e. The largest absolute Gasteiger partial charge is 0.382 e. The number of benzene rings is 1. The van der Waals surface area contributed by atoms with Crippen LogP contribution in [0.15, 0.2) is 36.4 Å². The van der Waals surface area contributed by atoms with E-state index in [1.54, 1.807) is 0 Å². The molecule has 1 fully saturated rings. The molecular weight excluding hydrogens is 260 g/mol. The highest BCUT2D eigenvalue weighted by Gasteiger charge is 2.38. The third-order valence-corrected chi connectivity index (χ3v) is 4.83. The Bertz CT molecular complexity index is 552. The van der Waals surface area contributed by atoms with Gasteiger partial charge in [0, 0.05) is 23.8 Å². The van der Waals surface area contributed by atoms with Gasteiger partial charge in [-0.15, -0.1) is 0 Å². The van der Waals surface area contributed by atoms with Crippen LogP contribution in [-0.4, -0.2) is 11.9 Å². The van der Waals surface area contributed by atoms with Crippen LogP contribution in [0.4, 0.5) is 11.4 Å². The second-order valence-electron chi connectivity index (χ2n) is 6.36. The van der Waals surface area contributed by atoms with Gasteiger partial charge in [0.15, 0.2) is 0 Å². The van der Waals surface area contributed by atoms with E-state index in [1.807, 2.05) is 25.1 Å². The molecule has 112 valence electrons. The molecule has 0 heterocycles. The van der Waals surface area contributed by atoms with Crippen molar-refractivity contribution in [3.63, 3.8) is 0 Å². The number of carbonyl (C=O) groups excluding carboxylic acids is 1. The van der Waals surface area contributed by atoms with Crippen LogP contribution < -0.4 is 10.6 Å². The van der Waals surface area contributed by atoms with Crippen LogP contribution in [0, 0.1) is 17.8 Å². The number of allylic oxidation sites excluding steroid dienone is 2. The summed E-state index contributed by atoms with van der Waals surface area (Å²) in [5.41, 5.74) is 1.95. The van der Waals surface area contributed by atoms with E-state index < -0.39 is 0 Å². The van der Waals surface area contributed by atoms with E-state index >= 15 is 0 Å². The van der Waals surface area contributed by atoms with Gasteiger partial charge in [-0.2, -0.15) is 0 Å². The first-order chi connectivity index (χ1) is 10.2. The van der Waals surface area contributed by atoms with Gasteiger partial charge in [-0.05, 0) is 55.7 Å². The van der Waals surface area contributed by atoms with Crippen molar-refractivity contribution in [3.05, 3.63) is 36.4 Å². The highest BCUT2D eigenvalue weighted by Crippen LogP contribution is 2.45. The fourth-order valence-corrected chi connectivity index (χ4v) is 3.70. The topological polar surface area (TPSA) is 41.1 Å². The molecule has 21 heavy (non-hydrogen) atoms. The Hall–Kier alpha value is -1.77. The van der Waals surface area contributed by atoms with Gasteiger partial charge in [0.1, 0.15) is 0 Å². The highest BCUT2D eigenvalue weighted by molar-refractivity contribution is 5.90. The summed E-state index contributed by atoms with van der Waals surface area (Å²) in [7, 11) is 0. The van der Waals surface area contributed by atoms with Crippen LogP contribution in [0.3, 0.4) is 0 Å². The Morgan fingerprint density at radius 2 is 2.10 bits per heavy atom. The average molecular weight is 284 g/mol. The van der Waals surface area contributed by atoms with Crippen molar-refractivity contribution in [1.82, 2.24) is 0 Å². The number of anilines is 2. The Kier molecular flexibility index (Phi) is 4.00. The maximum Gasteiger partial charge on any atom is 0.224 e. The van der Waals surface area contributed by atoms with Crippen molar-refractivity contribution < 1.29 is 4.79 Å². The molecule has 2 aliphatic carbocycles. The van der Waals surface area contributed by atoms with Crippen molar-refractivity contribution in [1.29, 1.82) is 0 Å². The lowest BCUT2D eigenvalue weighted by Gasteiger charge is -2.27. The minimum absolute atomic E-state index is 0.0541. The first-order valence-corrected chi connectivity index (χ1v) is 8.00. The fraction of sp³-hybridized carbons (Fsp3) is 0.500. The smallest absolute Gasteiger partial charge is 0.224 e. The number of nitrogens with one attached hydrogen (secondary N) is 2. The summed E-state index contributed by atoms with van der Waals surface area (Å²) in [5, 5.41) is 6.53. The summed E-state index contributed by atoms with van der Waals surface area (Å²) in [6.07, 6.45) is 7.93. The third-order valence-electron chi connectivity index (χ3n) is 4.83. The number of fused-ring (bicyclic) bond motifs is 2. The van der Waals surface area contributed by atoms with E-state index in [0.29, 0.717) is 12.5 Å². The fourth-order valence-electron chi connectivity index (χ4n) is 3.70. The van der Waals surface area contributed by atoms with Gasteiger partial charge in [0.25, 0.3) is 0 Å². The van der Waals surface area contributed by atoms with Crippen molar-refractivity contribution in [3.8, 4) is 0 Å². The molecule has 1 aromatic rings. The molecule has 4 unspecified atom stereocenters. The summed E-state index contributed by atoms with van der Waals surface area (Å²) < 4.78 is 0. The van der Waals surface area contributed by atoms with Crippen LogP contribution in [-0.2, 0) is 4.79 Å². The first kappa shape index (κ1) is 14.2. The van der Waals surface area contributed by atoms with Gasteiger partial charge in [0.2, 0.25) is 5.91 Å². The van der Waals surface area contributed by atoms with E-state index in [-0.39, 0.29) is 5.91 Å². The summed E-state index contributed by atoms with van der Waals surface area (Å²) in [5.74, 6) is 2.34. The van der Waals surface area contributed by atoms with Gasteiger partial charge >= 0.3 is 0 Å². The Balaban J connectivity index is 1.63. The predicted molar refractivity (Wildman–Crippen MR) is 87.3 cm³/mol. The molecule has 0 saturated heterocycles. The second-order valence-corrected chi connectivity index (χ2v) is 6.36. The van der Waals surface area contributed by atoms with Crippen molar-refractivity contribution >= 4 is 17.3 Å². The zero-order valence-electron chi connectivity index (χ0n) is 12.8. The Labute approximate surface area is 126 Å². The molecule has 0 aliphatic heterocycles. The summed E-state index contributed by atoms with van der Waals surface area (Å²) in [4.78, 5) is 11.5. The molecule has 2 aliphatic rings. The summed E-state index contributed by atoms with van der Waals surface area (Å²) >= 11 is 0. The van der Waals surface area contributed by atoms with E-state index in [2.05, 4.69) is 35.8 Å². The van der Waals surface area contributed by atoms with Gasteiger partial charge in [-0.1, -0.05) is 25.1 Å². The van der Waals surface area contributed by atoms with Crippen molar-refractivity contribution in [2.75, 3.05) is 10.6 Å². The third kappa shape index (κ3) is 3.12. The average Bonchev–Trinajstić information content (AvgIpc) is 3.10. The molecule has 4 atom stereocenters. The van der Waals surface area contributed by atoms with Crippen LogP contribution >= 0.6 is 0 Å². The molecular formula is C18H24N2O. The van der Waals surface area contributed by atoms with Crippen LogP contribution in [0.1, 0.15) is 33.1 Å². The quantitative estimate of drug-likeness (QED) is 0.801. The lowest BCUT2D eigenvalue weighted by Crippen LogP contribution is -2.28. The summed E-state index contributed by atoms with van der Waals surface area (Å²) in [6.45, 7) is 4.14. The molecule has 1 aromatic carbocycles. The molecule has 0 aromatic heterocycles. The van der Waals surface area contributed by atoms with Crippen LogP contribution in [0.5, 0.6) is 0 Å². The number of hydrogen-bond acceptors (Lipinski definition) is 2. The minimum atomic E-state index is 0.0541. The summed E-state index contributed by atoms with van der Waals surface area (Å²) in [6, 6.07) is 8.47. The molecule has 0 spiro atoms. The van der Waals surface area contributed by atoms with Gasteiger partial charge < -0.3 is 10.6 Å². The van der Waals surface area contributed by atoms with Crippen LogP contribution in [0.2, 0.25) is 0 Å². The Morgan fingerprint density at radius 3 is 2.76 bits per heavy atom. The van der Waals surface area contributed by atoms with Crippen molar-refractivity contribution in [2.45, 2.75) is 39.2 Å². The lowest BCUT2D eigenvalue weighted by atomic mass is 9.87. The standard InChI is InChI=1S/C18H24N2O/c1-3-18(21)20-16-6-4-5-15(11-16)19-12(2)17-10-13-7-8-14(17)9-13/h4-8,11-14,17,19H,3,9-10H2,1-2H3,(H,20,21). The number of hydrogen-bond donors (Lipinski definition) is 2. The first-order valence-electron chi connectivity index (χ1n) is 8.00. The maximum atomic E-state index is 11.5. The molecule has 1 saturated carbocycles. The van der Waals surface area contributed by atoms with Crippen LogP contribution in [0.25, 0.3) is 0 Å². The number of rotatable bonds is 5. The van der Waals surface area contributed by atoms with Crippen molar-refractivity contribution in [2.24, 2.45) is 17.8 Å². The van der Waals surface area contributed by atoms with E-state index in [0.717, 1.165) is 29.1 Å². The predicted octanol–water partition coefficient (Wildman–Crippen LogP) is 4.05. The molecule has 3 heteroatoms. The van der Waals surface area contributed by atoms with E-state index in [1.165, 1.54) is 12.8 Å². The van der Waals surface area contributed by atoms with Gasteiger partial charge in [0.05, 0.1) is 0 Å². The number of carbonyl (C=O) groups is 1. The molecule has 2 bridgehead atoms. The maximum absolute atomic E-state index is 11.5. The molecule has 3 rings (SSSR count). The zero-order chi connectivity index (χ0) is 14.8. The zero-order valence-corrected chi connectivity index (χ0v) is 12.8. The lowest BCUT2D eigenvalue weighted by molar-refractivity contribution is -0.115. The number of amides is 1. The van der Waals surface area contributed by atoms with Gasteiger partial charge in [-0.3, -0.25) is 4.79 Å². The molecule has 2 N–H and O–H groups in total. The highest BCUT2D eigenvalue weighted by atomic mass is 16.1. The van der Waals surface area contributed by atoms with Gasteiger partial charge in [-0.25, -0.2) is 0 Å². The SMILES string of the molecule is CCC(=O)Nc1cccc(NC(C)C2CC3C=CC2C3)c1. The molecule has 1 amide bonds. The second kappa shape index (κ2) is 5.92.